The van der Waals surface area contributed by atoms with Crippen LogP contribution in [0.2, 0.25) is 0 Å². The quantitative estimate of drug-likeness (QED) is 0.620. The van der Waals surface area contributed by atoms with Crippen LogP contribution in [0.15, 0.2) is 0 Å². The van der Waals surface area contributed by atoms with Gasteiger partial charge in [0.15, 0.2) is 0 Å². The van der Waals surface area contributed by atoms with Gasteiger partial charge in [-0.15, -0.1) is 0 Å². The number of aliphatic hydroxyl groups is 1. The Morgan fingerprint density at radius 1 is 1.36 bits per heavy atom. The van der Waals surface area contributed by atoms with Crippen molar-refractivity contribution in [3.05, 3.63) is 0 Å². The number of fused-ring (bicyclic) bond motifs is 1. The largest absolute Gasteiger partial charge is 0.390 e. The van der Waals surface area contributed by atoms with Crippen molar-refractivity contribution in [2.24, 2.45) is 5.92 Å². The highest BCUT2D eigenvalue weighted by Gasteiger charge is 2.50. The molecule has 2 aliphatic rings. The van der Waals surface area contributed by atoms with Crippen molar-refractivity contribution in [3.63, 3.8) is 0 Å². The Hall–Kier alpha value is -0.0800. The molecule has 0 spiro atoms. The molecule has 2 heteroatoms. The Morgan fingerprint density at radius 3 is 2.91 bits per heavy atom. The zero-order valence-corrected chi connectivity index (χ0v) is 7.05. The first-order valence-electron chi connectivity index (χ1n) is 4.51. The molecule has 0 aliphatic heterocycles. The first-order valence-corrected chi connectivity index (χ1v) is 4.51. The fourth-order valence-electron chi connectivity index (χ4n) is 2.80. The van der Waals surface area contributed by atoms with Gasteiger partial charge < -0.3 is 9.84 Å². The second-order valence-electron chi connectivity index (χ2n) is 3.92. The van der Waals surface area contributed by atoms with E-state index in [1.807, 2.05) is 0 Å². The number of hydrogen-bond donors (Lipinski definition) is 1. The molecule has 0 unspecified atom stereocenters. The minimum atomic E-state index is -0.347. The molecule has 0 aromatic heterocycles. The van der Waals surface area contributed by atoms with Crippen LogP contribution in [0.1, 0.15) is 32.1 Å². The average Bonchev–Trinajstić information content (AvgIpc) is 2.45. The van der Waals surface area contributed by atoms with Crippen LogP contribution < -0.4 is 0 Å². The molecule has 2 aliphatic carbocycles. The molecule has 2 fully saturated rings. The van der Waals surface area contributed by atoms with E-state index in [2.05, 4.69) is 0 Å². The Balaban J connectivity index is 2.13. The SMILES string of the molecule is CO[C@H]1CC[C@]2(O)CCC[C@H]12. The van der Waals surface area contributed by atoms with E-state index in [-0.39, 0.29) is 5.60 Å². The highest BCUT2D eigenvalue weighted by Crippen LogP contribution is 2.48. The van der Waals surface area contributed by atoms with E-state index in [0.29, 0.717) is 12.0 Å². The van der Waals surface area contributed by atoms with Crippen molar-refractivity contribution in [1.82, 2.24) is 0 Å². The molecule has 0 aromatic rings. The highest BCUT2D eigenvalue weighted by molar-refractivity contribution is 5.01. The number of hydrogen-bond acceptors (Lipinski definition) is 2. The molecule has 0 amide bonds. The molecular weight excluding hydrogens is 140 g/mol. The Bertz CT molecular complexity index is 158. The lowest BCUT2D eigenvalue weighted by molar-refractivity contribution is -0.0166. The maximum absolute atomic E-state index is 10.1. The average molecular weight is 156 g/mol. The second-order valence-corrected chi connectivity index (χ2v) is 3.92. The fourth-order valence-corrected chi connectivity index (χ4v) is 2.80. The van der Waals surface area contributed by atoms with Gasteiger partial charge >= 0.3 is 0 Å². The van der Waals surface area contributed by atoms with E-state index in [0.717, 1.165) is 25.7 Å². The lowest BCUT2D eigenvalue weighted by Gasteiger charge is -2.24. The number of rotatable bonds is 1. The molecule has 0 heterocycles. The molecule has 0 radical (unpaired) electrons. The molecule has 64 valence electrons. The van der Waals surface area contributed by atoms with Gasteiger partial charge in [-0.1, -0.05) is 6.42 Å². The summed E-state index contributed by atoms with van der Waals surface area (Å²) >= 11 is 0. The smallest absolute Gasteiger partial charge is 0.0701 e. The van der Waals surface area contributed by atoms with Gasteiger partial charge in [0.25, 0.3) is 0 Å². The summed E-state index contributed by atoms with van der Waals surface area (Å²) in [5.74, 6) is 0.437. The van der Waals surface area contributed by atoms with Gasteiger partial charge in [-0.05, 0) is 25.7 Å². The van der Waals surface area contributed by atoms with Crippen LogP contribution in [0.5, 0.6) is 0 Å². The summed E-state index contributed by atoms with van der Waals surface area (Å²) in [6.45, 7) is 0. The van der Waals surface area contributed by atoms with Gasteiger partial charge in [0, 0.05) is 13.0 Å². The zero-order valence-electron chi connectivity index (χ0n) is 7.05. The van der Waals surface area contributed by atoms with Gasteiger partial charge in [-0.25, -0.2) is 0 Å². The molecular formula is C9H16O2. The summed E-state index contributed by atoms with van der Waals surface area (Å²) in [6.07, 6.45) is 5.68. The Morgan fingerprint density at radius 2 is 2.18 bits per heavy atom. The molecule has 0 saturated heterocycles. The van der Waals surface area contributed by atoms with Crippen molar-refractivity contribution < 1.29 is 9.84 Å². The second kappa shape index (κ2) is 2.46. The highest BCUT2D eigenvalue weighted by atomic mass is 16.5. The van der Waals surface area contributed by atoms with Gasteiger partial charge in [0.1, 0.15) is 0 Å². The summed E-state index contributed by atoms with van der Waals surface area (Å²) in [5.41, 5.74) is -0.347. The van der Waals surface area contributed by atoms with E-state index in [1.54, 1.807) is 7.11 Å². The van der Waals surface area contributed by atoms with Gasteiger partial charge in [-0.3, -0.25) is 0 Å². The first kappa shape index (κ1) is 7.56. The Labute approximate surface area is 67.6 Å². The van der Waals surface area contributed by atoms with Crippen LogP contribution in [0, 0.1) is 5.92 Å². The third-order valence-corrected chi connectivity index (χ3v) is 3.43. The van der Waals surface area contributed by atoms with Crippen molar-refractivity contribution >= 4 is 0 Å². The van der Waals surface area contributed by atoms with Crippen LogP contribution >= 0.6 is 0 Å². The lowest BCUT2D eigenvalue weighted by Crippen LogP contribution is -2.31. The molecule has 11 heavy (non-hydrogen) atoms. The maximum Gasteiger partial charge on any atom is 0.0701 e. The van der Waals surface area contributed by atoms with Crippen LogP contribution in [0.3, 0.4) is 0 Å². The Kier molecular flexibility index (Phi) is 1.69. The lowest BCUT2D eigenvalue weighted by atomic mass is 9.94. The molecule has 0 aromatic carbocycles. The van der Waals surface area contributed by atoms with Gasteiger partial charge in [0.2, 0.25) is 0 Å². The monoisotopic (exact) mass is 156 g/mol. The molecule has 0 bridgehead atoms. The summed E-state index contributed by atoms with van der Waals surface area (Å²) in [7, 11) is 1.76. The predicted octanol–water partition coefficient (Wildman–Crippen LogP) is 1.33. The van der Waals surface area contributed by atoms with Gasteiger partial charge in [0.05, 0.1) is 11.7 Å². The summed E-state index contributed by atoms with van der Waals surface area (Å²) in [5, 5.41) is 10.1. The minimum absolute atomic E-state index is 0.336. The fraction of sp³-hybridized carbons (Fsp3) is 1.00. The van der Waals surface area contributed by atoms with E-state index in [4.69, 9.17) is 4.74 Å². The maximum atomic E-state index is 10.1. The van der Waals surface area contributed by atoms with Crippen LogP contribution in [0.25, 0.3) is 0 Å². The van der Waals surface area contributed by atoms with Gasteiger partial charge in [-0.2, -0.15) is 0 Å². The predicted molar refractivity (Wildman–Crippen MR) is 42.3 cm³/mol. The first-order chi connectivity index (χ1) is 5.26. The van der Waals surface area contributed by atoms with Crippen molar-refractivity contribution in [1.29, 1.82) is 0 Å². The molecule has 3 atom stereocenters. The molecule has 2 nitrogen and oxygen atoms in total. The van der Waals surface area contributed by atoms with Crippen molar-refractivity contribution in [2.75, 3.05) is 7.11 Å². The van der Waals surface area contributed by atoms with E-state index in [1.165, 1.54) is 6.42 Å². The van der Waals surface area contributed by atoms with E-state index >= 15 is 0 Å². The normalized spacial score (nSPS) is 49.6. The summed E-state index contributed by atoms with van der Waals surface area (Å²) in [4.78, 5) is 0. The summed E-state index contributed by atoms with van der Waals surface area (Å²) in [6, 6.07) is 0. The van der Waals surface area contributed by atoms with Crippen LogP contribution in [-0.2, 0) is 4.74 Å². The molecule has 2 saturated carbocycles. The number of ether oxygens (including phenoxy) is 1. The van der Waals surface area contributed by atoms with Crippen molar-refractivity contribution in [3.8, 4) is 0 Å². The van der Waals surface area contributed by atoms with E-state index in [9.17, 15) is 5.11 Å². The third kappa shape index (κ3) is 1.00. The van der Waals surface area contributed by atoms with E-state index < -0.39 is 0 Å². The third-order valence-electron chi connectivity index (χ3n) is 3.43. The number of methoxy groups -OCH3 is 1. The molecule has 2 rings (SSSR count). The molecule has 1 N–H and O–H groups in total. The zero-order chi connectivity index (χ0) is 7.90. The summed E-state index contributed by atoms with van der Waals surface area (Å²) < 4.78 is 5.33. The van der Waals surface area contributed by atoms with Crippen LogP contribution in [0.4, 0.5) is 0 Å². The topological polar surface area (TPSA) is 29.5 Å². The van der Waals surface area contributed by atoms with Crippen LogP contribution in [-0.4, -0.2) is 23.9 Å². The standard InChI is InChI=1S/C9H16O2/c1-11-8-4-6-9(10)5-2-3-7(8)9/h7-8,10H,2-6H2,1H3/t7-,8+,9-/m1/s1. The van der Waals surface area contributed by atoms with Crippen molar-refractivity contribution in [2.45, 2.75) is 43.8 Å². The minimum Gasteiger partial charge on any atom is -0.390 e.